The lowest BCUT2D eigenvalue weighted by Crippen LogP contribution is -2.33. The van der Waals surface area contributed by atoms with Gasteiger partial charge in [0.2, 0.25) is 10.0 Å². The SMILES string of the molecule is N/C(CNS(=O)(=O)c1ccccc1)=N\O. The van der Waals surface area contributed by atoms with E-state index in [0.717, 1.165) is 0 Å². The quantitative estimate of drug-likeness (QED) is 0.285. The standard InChI is InChI=1S/C8H11N3O3S/c9-8(11-12)6-10-15(13,14)7-4-2-1-3-5-7/h1-5,10,12H,6H2,(H2,9,11). The van der Waals surface area contributed by atoms with Crippen LogP contribution < -0.4 is 10.5 Å². The highest BCUT2D eigenvalue weighted by Gasteiger charge is 2.12. The molecular weight excluding hydrogens is 218 g/mol. The van der Waals surface area contributed by atoms with Crippen LogP contribution in [0.25, 0.3) is 0 Å². The maximum absolute atomic E-state index is 11.5. The number of rotatable bonds is 4. The van der Waals surface area contributed by atoms with Crippen molar-refractivity contribution in [2.24, 2.45) is 10.9 Å². The summed E-state index contributed by atoms with van der Waals surface area (Å²) < 4.78 is 25.3. The van der Waals surface area contributed by atoms with Crippen LogP contribution in [0.4, 0.5) is 0 Å². The van der Waals surface area contributed by atoms with Crippen molar-refractivity contribution in [1.82, 2.24) is 4.72 Å². The predicted octanol–water partition coefficient (Wildman–Crippen LogP) is -0.289. The largest absolute Gasteiger partial charge is 0.409 e. The van der Waals surface area contributed by atoms with Crippen LogP contribution in [-0.2, 0) is 10.0 Å². The molecule has 82 valence electrons. The minimum atomic E-state index is -3.59. The lowest BCUT2D eigenvalue weighted by atomic mass is 10.4. The summed E-state index contributed by atoms with van der Waals surface area (Å²) in [4.78, 5) is 0.135. The molecule has 0 amide bonds. The van der Waals surface area contributed by atoms with Crippen molar-refractivity contribution in [1.29, 1.82) is 0 Å². The van der Waals surface area contributed by atoms with Crippen molar-refractivity contribution < 1.29 is 13.6 Å². The van der Waals surface area contributed by atoms with Crippen molar-refractivity contribution >= 4 is 15.9 Å². The minimum Gasteiger partial charge on any atom is -0.409 e. The molecule has 0 atom stereocenters. The maximum Gasteiger partial charge on any atom is 0.240 e. The fourth-order valence-corrected chi connectivity index (χ4v) is 1.91. The van der Waals surface area contributed by atoms with Gasteiger partial charge in [-0.25, -0.2) is 13.1 Å². The monoisotopic (exact) mass is 229 g/mol. The molecule has 0 heterocycles. The molecule has 0 spiro atoms. The Bertz CT molecular complexity index is 441. The van der Waals surface area contributed by atoms with E-state index >= 15 is 0 Å². The number of benzene rings is 1. The molecule has 1 aromatic rings. The second-order valence-electron chi connectivity index (χ2n) is 2.73. The lowest BCUT2D eigenvalue weighted by molar-refractivity contribution is 0.317. The third-order valence-corrected chi connectivity index (χ3v) is 3.04. The molecule has 0 aromatic heterocycles. The second-order valence-corrected chi connectivity index (χ2v) is 4.50. The lowest BCUT2D eigenvalue weighted by Gasteiger charge is -2.04. The Hall–Kier alpha value is -1.60. The summed E-state index contributed by atoms with van der Waals surface area (Å²) in [6, 6.07) is 7.84. The van der Waals surface area contributed by atoms with Gasteiger partial charge in [-0.3, -0.25) is 0 Å². The van der Waals surface area contributed by atoms with Gasteiger partial charge in [0.15, 0.2) is 5.84 Å². The smallest absolute Gasteiger partial charge is 0.240 e. The zero-order chi connectivity index (χ0) is 11.3. The zero-order valence-electron chi connectivity index (χ0n) is 7.79. The first-order valence-corrected chi connectivity index (χ1v) is 5.55. The van der Waals surface area contributed by atoms with Crippen LogP contribution in [0.5, 0.6) is 0 Å². The Kier molecular flexibility index (Phi) is 3.64. The highest BCUT2D eigenvalue weighted by atomic mass is 32.2. The number of sulfonamides is 1. The van der Waals surface area contributed by atoms with Crippen LogP contribution in [0.3, 0.4) is 0 Å². The molecular formula is C8H11N3O3S. The van der Waals surface area contributed by atoms with Crippen LogP contribution in [0.2, 0.25) is 0 Å². The first kappa shape index (κ1) is 11.5. The van der Waals surface area contributed by atoms with Gasteiger partial charge in [0.25, 0.3) is 0 Å². The molecule has 0 saturated carbocycles. The Morgan fingerprint density at radius 2 is 2.00 bits per heavy atom. The third kappa shape index (κ3) is 3.22. The van der Waals surface area contributed by atoms with Crippen LogP contribution >= 0.6 is 0 Å². The first-order valence-electron chi connectivity index (χ1n) is 4.07. The van der Waals surface area contributed by atoms with Crippen molar-refractivity contribution in [3.05, 3.63) is 30.3 Å². The van der Waals surface area contributed by atoms with Gasteiger partial charge >= 0.3 is 0 Å². The number of nitrogens with zero attached hydrogens (tertiary/aromatic N) is 1. The summed E-state index contributed by atoms with van der Waals surface area (Å²) in [5.41, 5.74) is 5.13. The Morgan fingerprint density at radius 1 is 1.40 bits per heavy atom. The zero-order valence-corrected chi connectivity index (χ0v) is 8.61. The molecule has 0 fully saturated rings. The number of oxime groups is 1. The number of nitrogens with two attached hydrogens (primary N) is 1. The van der Waals surface area contributed by atoms with Gasteiger partial charge in [-0.05, 0) is 12.1 Å². The topological polar surface area (TPSA) is 105 Å². The molecule has 1 aromatic carbocycles. The molecule has 15 heavy (non-hydrogen) atoms. The molecule has 1 rings (SSSR count). The van der Waals surface area contributed by atoms with Gasteiger partial charge in [0.05, 0.1) is 11.4 Å². The van der Waals surface area contributed by atoms with Gasteiger partial charge in [0.1, 0.15) is 0 Å². The average molecular weight is 229 g/mol. The third-order valence-electron chi connectivity index (χ3n) is 1.63. The van der Waals surface area contributed by atoms with Crippen LogP contribution in [-0.4, -0.2) is 26.0 Å². The van der Waals surface area contributed by atoms with Crippen molar-refractivity contribution in [3.63, 3.8) is 0 Å². The Balaban J connectivity index is 2.78. The predicted molar refractivity (Wildman–Crippen MR) is 55.0 cm³/mol. The van der Waals surface area contributed by atoms with Crippen LogP contribution in [0.15, 0.2) is 40.4 Å². The molecule has 4 N–H and O–H groups in total. The molecule has 0 bridgehead atoms. The van der Waals surface area contributed by atoms with Crippen LogP contribution in [0, 0.1) is 0 Å². The summed E-state index contributed by atoms with van der Waals surface area (Å²) in [7, 11) is -3.59. The van der Waals surface area contributed by atoms with Crippen molar-refractivity contribution in [3.8, 4) is 0 Å². The normalized spacial score (nSPS) is 12.7. The van der Waals surface area contributed by atoms with E-state index in [1.54, 1.807) is 18.2 Å². The van der Waals surface area contributed by atoms with Gasteiger partial charge < -0.3 is 10.9 Å². The van der Waals surface area contributed by atoms with Crippen LogP contribution in [0.1, 0.15) is 0 Å². The van der Waals surface area contributed by atoms with E-state index in [2.05, 4.69) is 9.88 Å². The maximum atomic E-state index is 11.5. The highest BCUT2D eigenvalue weighted by Crippen LogP contribution is 2.06. The fourth-order valence-electron chi connectivity index (χ4n) is 0.887. The highest BCUT2D eigenvalue weighted by molar-refractivity contribution is 7.89. The van der Waals surface area contributed by atoms with Crippen molar-refractivity contribution in [2.75, 3.05) is 6.54 Å². The van der Waals surface area contributed by atoms with E-state index in [9.17, 15) is 8.42 Å². The number of hydrogen-bond donors (Lipinski definition) is 3. The molecule has 6 nitrogen and oxygen atoms in total. The van der Waals surface area contributed by atoms with Gasteiger partial charge in [0, 0.05) is 0 Å². The van der Waals surface area contributed by atoms with Crippen molar-refractivity contribution in [2.45, 2.75) is 4.90 Å². The number of hydrogen-bond acceptors (Lipinski definition) is 4. The van der Waals surface area contributed by atoms with E-state index < -0.39 is 10.0 Å². The van der Waals surface area contributed by atoms with Gasteiger partial charge in [-0.15, -0.1) is 0 Å². The van der Waals surface area contributed by atoms with Gasteiger partial charge in [-0.1, -0.05) is 23.4 Å². The van der Waals surface area contributed by atoms with E-state index in [4.69, 9.17) is 10.9 Å². The Morgan fingerprint density at radius 3 is 2.53 bits per heavy atom. The summed E-state index contributed by atoms with van der Waals surface area (Å²) in [5, 5.41) is 10.9. The molecule has 0 radical (unpaired) electrons. The fraction of sp³-hybridized carbons (Fsp3) is 0.125. The number of amidine groups is 1. The first-order chi connectivity index (χ1) is 7.06. The number of nitrogens with one attached hydrogen (secondary N) is 1. The summed E-state index contributed by atoms with van der Waals surface area (Å²) in [5.74, 6) is -0.200. The van der Waals surface area contributed by atoms with Gasteiger partial charge in [-0.2, -0.15) is 0 Å². The molecule has 0 aliphatic rings. The molecule has 0 aliphatic carbocycles. The second kappa shape index (κ2) is 4.76. The van der Waals surface area contributed by atoms with E-state index in [1.807, 2.05) is 0 Å². The van der Waals surface area contributed by atoms with E-state index in [1.165, 1.54) is 12.1 Å². The summed E-state index contributed by atoms with van der Waals surface area (Å²) in [6.45, 7) is -0.228. The Labute approximate surface area is 87.5 Å². The van der Waals surface area contributed by atoms with E-state index in [-0.39, 0.29) is 17.3 Å². The van der Waals surface area contributed by atoms with E-state index in [0.29, 0.717) is 0 Å². The summed E-state index contributed by atoms with van der Waals surface area (Å²) >= 11 is 0. The molecule has 0 aliphatic heterocycles. The molecule has 0 unspecified atom stereocenters. The summed E-state index contributed by atoms with van der Waals surface area (Å²) in [6.07, 6.45) is 0. The molecule has 7 heteroatoms. The average Bonchev–Trinajstić information content (AvgIpc) is 2.27. The minimum absolute atomic E-state index is 0.135. The molecule has 0 saturated heterocycles.